The molecule has 1 aromatic heterocycles. The first-order valence-corrected chi connectivity index (χ1v) is 7.88. The number of hydrogen-bond donors (Lipinski definition) is 3. The summed E-state index contributed by atoms with van der Waals surface area (Å²) in [5, 5.41) is 2.90. The van der Waals surface area contributed by atoms with E-state index in [0.29, 0.717) is 15.6 Å². The van der Waals surface area contributed by atoms with Crippen molar-refractivity contribution in [3.05, 3.63) is 34.5 Å². The maximum atomic E-state index is 13.8. The van der Waals surface area contributed by atoms with Crippen molar-refractivity contribution in [2.45, 2.75) is 25.8 Å². The first-order valence-electron chi connectivity index (χ1n) is 7.06. The molecule has 8 heteroatoms. The van der Waals surface area contributed by atoms with Crippen molar-refractivity contribution >= 4 is 39.1 Å². The fraction of sp³-hybridized carbons (Fsp3) is 0.267. The molecule has 3 N–H and O–H groups in total. The number of aryl methyl sites for hydroxylation is 1. The van der Waals surface area contributed by atoms with Gasteiger partial charge in [-0.2, -0.15) is 0 Å². The van der Waals surface area contributed by atoms with Gasteiger partial charge in [0.1, 0.15) is 5.82 Å². The Hall–Kier alpha value is -2.48. The molecule has 23 heavy (non-hydrogen) atoms. The molecular formula is C15H14FN3O3S. The van der Waals surface area contributed by atoms with Gasteiger partial charge in [0.2, 0.25) is 0 Å². The number of hydrazine groups is 1. The van der Waals surface area contributed by atoms with Gasteiger partial charge in [0, 0.05) is 16.1 Å². The molecule has 0 spiro atoms. The number of fused-ring (bicyclic) bond motifs is 1. The third-order valence-corrected chi connectivity index (χ3v) is 4.77. The Labute approximate surface area is 135 Å². The smallest absolute Gasteiger partial charge is 0.327 e. The van der Waals surface area contributed by atoms with Gasteiger partial charge in [0.15, 0.2) is 0 Å². The Morgan fingerprint density at radius 3 is 2.57 bits per heavy atom. The van der Waals surface area contributed by atoms with Gasteiger partial charge in [-0.05, 0) is 37.5 Å². The van der Waals surface area contributed by atoms with E-state index in [2.05, 4.69) is 16.2 Å². The summed E-state index contributed by atoms with van der Waals surface area (Å²) < 4.78 is 14.5. The van der Waals surface area contributed by atoms with Gasteiger partial charge < -0.3 is 5.32 Å². The SMILES string of the molecule is Cc1c(C(=O)NNC(=O)C(=O)NC2CC2)sc2cccc(F)c12. The number of carbonyl (C=O) groups excluding carboxylic acids is 3. The van der Waals surface area contributed by atoms with Gasteiger partial charge in [-0.25, -0.2) is 4.39 Å². The van der Waals surface area contributed by atoms with E-state index in [-0.39, 0.29) is 10.9 Å². The molecule has 1 saturated carbocycles. The van der Waals surface area contributed by atoms with Crippen LogP contribution in [0.15, 0.2) is 18.2 Å². The van der Waals surface area contributed by atoms with Gasteiger partial charge in [-0.1, -0.05) is 6.07 Å². The Morgan fingerprint density at radius 1 is 1.17 bits per heavy atom. The number of amides is 3. The standard InChI is InChI=1S/C15H14FN3O3S/c1-7-11-9(16)3-2-4-10(11)23-12(7)13(20)18-19-15(22)14(21)17-8-5-6-8/h2-4,8H,5-6H2,1H3,(H,17,21)(H,18,20)(H,19,22). The lowest BCUT2D eigenvalue weighted by Gasteiger charge is -2.07. The topological polar surface area (TPSA) is 87.3 Å². The number of halogens is 1. The van der Waals surface area contributed by atoms with Crippen LogP contribution >= 0.6 is 11.3 Å². The second-order valence-corrected chi connectivity index (χ2v) is 6.38. The van der Waals surface area contributed by atoms with Crippen LogP contribution in [0.25, 0.3) is 10.1 Å². The molecule has 0 bridgehead atoms. The van der Waals surface area contributed by atoms with E-state index < -0.39 is 23.5 Å². The Bertz CT molecular complexity index is 814. The van der Waals surface area contributed by atoms with Crippen LogP contribution in [0, 0.1) is 12.7 Å². The van der Waals surface area contributed by atoms with Crippen LogP contribution in [0.5, 0.6) is 0 Å². The van der Waals surface area contributed by atoms with Crippen molar-refractivity contribution in [2.24, 2.45) is 0 Å². The van der Waals surface area contributed by atoms with E-state index >= 15 is 0 Å². The van der Waals surface area contributed by atoms with E-state index in [1.807, 2.05) is 0 Å². The first-order chi connectivity index (χ1) is 11.0. The lowest BCUT2D eigenvalue weighted by molar-refractivity contribution is -0.139. The van der Waals surface area contributed by atoms with Crippen molar-refractivity contribution in [3.63, 3.8) is 0 Å². The molecule has 3 rings (SSSR count). The molecule has 0 radical (unpaired) electrons. The van der Waals surface area contributed by atoms with Crippen molar-refractivity contribution in [3.8, 4) is 0 Å². The number of nitrogens with one attached hydrogen (secondary N) is 3. The van der Waals surface area contributed by atoms with Crippen LogP contribution in [0.1, 0.15) is 28.1 Å². The fourth-order valence-electron chi connectivity index (χ4n) is 2.18. The minimum Gasteiger partial charge on any atom is -0.345 e. The normalized spacial score (nSPS) is 13.7. The Kier molecular flexibility index (Phi) is 3.99. The molecule has 120 valence electrons. The zero-order valence-corrected chi connectivity index (χ0v) is 13.1. The fourth-order valence-corrected chi connectivity index (χ4v) is 3.29. The van der Waals surface area contributed by atoms with Crippen LogP contribution in [-0.4, -0.2) is 23.8 Å². The van der Waals surface area contributed by atoms with Crippen molar-refractivity contribution in [1.82, 2.24) is 16.2 Å². The van der Waals surface area contributed by atoms with Crippen molar-refractivity contribution < 1.29 is 18.8 Å². The average molecular weight is 335 g/mol. The summed E-state index contributed by atoms with van der Waals surface area (Å²) in [5.74, 6) is -2.71. The Balaban J connectivity index is 1.68. The maximum absolute atomic E-state index is 13.8. The highest BCUT2D eigenvalue weighted by molar-refractivity contribution is 7.21. The molecule has 0 saturated heterocycles. The monoisotopic (exact) mass is 335 g/mol. The minimum atomic E-state index is -0.935. The van der Waals surface area contributed by atoms with Gasteiger partial charge in [-0.15, -0.1) is 11.3 Å². The lowest BCUT2D eigenvalue weighted by Crippen LogP contribution is -2.48. The molecule has 3 amide bonds. The van der Waals surface area contributed by atoms with E-state index in [1.54, 1.807) is 19.1 Å². The molecule has 1 aromatic carbocycles. The van der Waals surface area contributed by atoms with Crippen LogP contribution in [-0.2, 0) is 9.59 Å². The molecule has 0 unspecified atom stereocenters. The molecule has 1 aliphatic rings. The predicted molar refractivity (Wildman–Crippen MR) is 83.3 cm³/mol. The summed E-state index contributed by atoms with van der Waals surface area (Å²) in [5.41, 5.74) is 4.74. The summed E-state index contributed by atoms with van der Waals surface area (Å²) >= 11 is 1.12. The highest BCUT2D eigenvalue weighted by Crippen LogP contribution is 2.32. The van der Waals surface area contributed by atoms with Gasteiger partial charge >= 0.3 is 11.8 Å². The lowest BCUT2D eigenvalue weighted by atomic mass is 10.1. The van der Waals surface area contributed by atoms with Gasteiger partial charge in [0.05, 0.1) is 4.88 Å². The maximum Gasteiger partial charge on any atom is 0.327 e. The summed E-state index contributed by atoms with van der Waals surface area (Å²) in [6.07, 6.45) is 1.72. The molecular weight excluding hydrogens is 321 g/mol. The number of thiophene rings is 1. The number of hydrogen-bond acceptors (Lipinski definition) is 4. The number of benzene rings is 1. The van der Waals surface area contributed by atoms with E-state index in [4.69, 9.17) is 0 Å². The van der Waals surface area contributed by atoms with Gasteiger partial charge in [-0.3, -0.25) is 25.2 Å². The van der Waals surface area contributed by atoms with E-state index in [1.165, 1.54) is 6.07 Å². The molecule has 6 nitrogen and oxygen atoms in total. The largest absolute Gasteiger partial charge is 0.345 e. The molecule has 0 aliphatic heterocycles. The van der Waals surface area contributed by atoms with Crippen molar-refractivity contribution in [2.75, 3.05) is 0 Å². The molecule has 1 heterocycles. The molecule has 1 aliphatic carbocycles. The summed E-state index contributed by atoms with van der Waals surface area (Å²) in [6.45, 7) is 1.64. The van der Waals surface area contributed by atoms with E-state index in [0.717, 1.165) is 24.2 Å². The highest BCUT2D eigenvalue weighted by Gasteiger charge is 2.26. The second kappa shape index (κ2) is 5.96. The number of rotatable bonds is 2. The average Bonchev–Trinajstić information content (AvgIpc) is 3.26. The molecule has 0 atom stereocenters. The van der Waals surface area contributed by atoms with Crippen molar-refractivity contribution in [1.29, 1.82) is 0 Å². The zero-order chi connectivity index (χ0) is 16.6. The number of carbonyl (C=O) groups is 3. The van der Waals surface area contributed by atoms with Gasteiger partial charge in [0.25, 0.3) is 5.91 Å². The zero-order valence-electron chi connectivity index (χ0n) is 12.2. The summed E-state index contributed by atoms with van der Waals surface area (Å²) in [4.78, 5) is 35.5. The molecule has 1 fully saturated rings. The highest BCUT2D eigenvalue weighted by atomic mass is 32.1. The van der Waals surface area contributed by atoms with Crippen LogP contribution < -0.4 is 16.2 Å². The predicted octanol–water partition coefficient (Wildman–Crippen LogP) is 1.39. The summed E-state index contributed by atoms with van der Waals surface area (Å²) in [6, 6.07) is 4.67. The minimum absolute atomic E-state index is 0.0526. The van der Waals surface area contributed by atoms with E-state index in [9.17, 15) is 18.8 Å². The third-order valence-electron chi connectivity index (χ3n) is 3.52. The third kappa shape index (κ3) is 3.16. The molecule has 2 aromatic rings. The summed E-state index contributed by atoms with van der Waals surface area (Å²) in [7, 11) is 0. The quantitative estimate of drug-likeness (QED) is 0.572. The first kappa shape index (κ1) is 15.4. The second-order valence-electron chi connectivity index (χ2n) is 5.33. The van der Waals surface area contributed by atoms with Crippen LogP contribution in [0.4, 0.5) is 4.39 Å². The van der Waals surface area contributed by atoms with Crippen LogP contribution in [0.3, 0.4) is 0 Å². The van der Waals surface area contributed by atoms with Crippen LogP contribution in [0.2, 0.25) is 0 Å². The Morgan fingerprint density at radius 2 is 1.91 bits per heavy atom.